The second-order valence-corrected chi connectivity index (χ2v) is 5.63. The minimum absolute atomic E-state index is 0.0129. The standard InChI is InChI=1S/C11H13ClN2O2S/c12-10-5-9(14(15)16)6-11(13-10)17-7-8-3-1-2-4-8/h5-6,8H,1-4,7H2. The van der Waals surface area contributed by atoms with Crippen molar-refractivity contribution in [3.63, 3.8) is 0 Å². The zero-order chi connectivity index (χ0) is 12.3. The summed E-state index contributed by atoms with van der Waals surface area (Å²) in [4.78, 5) is 14.3. The van der Waals surface area contributed by atoms with Gasteiger partial charge in [0.15, 0.2) is 0 Å². The zero-order valence-corrected chi connectivity index (χ0v) is 10.8. The first-order chi connectivity index (χ1) is 8.15. The van der Waals surface area contributed by atoms with Gasteiger partial charge in [0.05, 0.1) is 11.0 Å². The van der Waals surface area contributed by atoms with Crippen molar-refractivity contribution in [1.29, 1.82) is 0 Å². The van der Waals surface area contributed by atoms with Gasteiger partial charge in [-0.3, -0.25) is 10.1 Å². The van der Waals surface area contributed by atoms with Crippen molar-refractivity contribution < 1.29 is 4.92 Å². The number of pyridine rings is 1. The third-order valence-corrected chi connectivity index (χ3v) is 4.24. The molecular weight excluding hydrogens is 260 g/mol. The monoisotopic (exact) mass is 272 g/mol. The molecule has 0 unspecified atom stereocenters. The van der Waals surface area contributed by atoms with Crippen LogP contribution in [0.3, 0.4) is 0 Å². The Morgan fingerprint density at radius 2 is 2.18 bits per heavy atom. The number of hydrogen-bond acceptors (Lipinski definition) is 4. The van der Waals surface area contributed by atoms with Crippen molar-refractivity contribution in [2.24, 2.45) is 5.92 Å². The predicted molar refractivity (Wildman–Crippen MR) is 68.6 cm³/mol. The molecule has 0 amide bonds. The average Bonchev–Trinajstić information content (AvgIpc) is 2.78. The first-order valence-electron chi connectivity index (χ1n) is 5.60. The molecule has 1 aliphatic carbocycles. The Bertz CT molecular complexity index is 422. The Morgan fingerprint density at radius 1 is 1.47 bits per heavy atom. The van der Waals surface area contributed by atoms with Crippen molar-refractivity contribution in [1.82, 2.24) is 4.98 Å². The number of hydrogen-bond donors (Lipinski definition) is 0. The number of thioether (sulfide) groups is 1. The second kappa shape index (κ2) is 5.69. The molecule has 0 spiro atoms. The summed E-state index contributed by atoms with van der Waals surface area (Å²) < 4.78 is 0. The van der Waals surface area contributed by atoms with Crippen LogP contribution in [-0.4, -0.2) is 15.7 Å². The van der Waals surface area contributed by atoms with Crippen LogP contribution < -0.4 is 0 Å². The maximum Gasteiger partial charge on any atom is 0.275 e. The molecule has 0 aliphatic heterocycles. The molecule has 1 aromatic heterocycles. The van der Waals surface area contributed by atoms with E-state index in [1.165, 1.54) is 37.8 Å². The van der Waals surface area contributed by atoms with E-state index in [9.17, 15) is 10.1 Å². The summed E-state index contributed by atoms with van der Waals surface area (Å²) in [5.41, 5.74) is 0.0129. The molecule has 1 aromatic rings. The van der Waals surface area contributed by atoms with E-state index in [1.807, 2.05) is 0 Å². The minimum atomic E-state index is -0.437. The first kappa shape index (κ1) is 12.6. The summed E-state index contributed by atoms with van der Waals surface area (Å²) in [6, 6.07) is 2.77. The Hall–Kier alpha value is -0.810. The van der Waals surface area contributed by atoms with Crippen molar-refractivity contribution in [2.45, 2.75) is 30.7 Å². The molecule has 2 rings (SSSR count). The molecule has 0 bridgehead atoms. The van der Waals surface area contributed by atoms with E-state index < -0.39 is 4.92 Å². The van der Waals surface area contributed by atoms with Crippen molar-refractivity contribution >= 4 is 29.1 Å². The fourth-order valence-corrected chi connectivity index (χ4v) is 3.38. The molecule has 0 atom stereocenters. The van der Waals surface area contributed by atoms with Gasteiger partial charge < -0.3 is 0 Å². The molecule has 17 heavy (non-hydrogen) atoms. The summed E-state index contributed by atoms with van der Waals surface area (Å²) >= 11 is 7.32. The topological polar surface area (TPSA) is 56.0 Å². The normalized spacial score (nSPS) is 16.3. The summed E-state index contributed by atoms with van der Waals surface area (Å²) in [7, 11) is 0. The summed E-state index contributed by atoms with van der Waals surface area (Å²) in [5, 5.41) is 11.5. The van der Waals surface area contributed by atoms with Gasteiger partial charge in [0, 0.05) is 11.8 Å². The van der Waals surface area contributed by atoms with E-state index in [2.05, 4.69) is 4.98 Å². The Morgan fingerprint density at radius 3 is 2.82 bits per heavy atom. The van der Waals surface area contributed by atoms with Gasteiger partial charge in [-0.2, -0.15) is 0 Å². The van der Waals surface area contributed by atoms with Crippen LogP contribution in [0.5, 0.6) is 0 Å². The largest absolute Gasteiger partial charge is 0.275 e. The Balaban J connectivity index is 2.01. The summed E-state index contributed by atoms with van der Waals surface area (Å²) in [5.74, 6) is 1.70. The van der Waals surface area contributed by atoms with E-state index in [0.717, 1.165) is 11.7 Å². The van der Waals surface area contributed by atoms with Gasteiger partial charge in [0.1, 0.15) is 10.2 Å². The average molecular weight is 273 g/mol. The van der Waals surface area contributed by atoms with Crippen LogP contribution >= 0.6 is 23.4 Å². The zero-order valence-electron chi connectivity index (χ0n) is 9.26. The molecule has 1 fully saturated rings. The molecule has 1 saturated carbocycles. The fourth-order valence-electron chi connectivity index (χ4n) is 2.02. The molecule has 0 saturated heterocycles. The van der Waals surface area contributed by atoms with E-state index in [1.54, 1.807) is 11.8 Å². The minimum Gasteiger partial charge on any atom is -0.258 e. The smallest absolute Gasteiger partial charge is 0.258 e. The predicted octanol–water partition coefficient (Wildman–Crippen LogP) is 3.93. The number of nitro groups is 1. The molecule has 6 heteroatoms. The van der Waals surface area contributed by atoms with Crippen molar-refractivity contribution in [3.05, 3.63) is 27.4 Å². The van der Waals surface area contributed by atoms with Gasteiger partial charge in [0.2, 0.25) is 0 Å². The lowest BCUT2D eigenvalue weighted by Crippen LogP contribution is -1.97. The molecular formula is C11H13ClN2O2S. The molecule has 92 valence electrons. The number of rotatable bonds is 4. The van der Waals surface area contributed by atoms with Crippen LogP contribution in [0.1, 0.15) is 25.7 Å². The summed E-state index contributed by atoms with van der Waals surface area (Å²) in [6.07, 6.45) is 5.12. The maximum absolute atomic E-state index is 10.7. The lowest BCUT2D eigenvalue weighted by Gasteiger charge is -2.07. The highest BCUT2D eigenvalue weighted by Crippen LogP contribution is 2.32. The molecule has 1 aliphatic rings. The Kier molecular flexibility index (Phi) is 4.23. The molecule has 0 aromatic carbocycles. The van der Waals surface area contributed by atoms with E-state index in [-0.39, 0.29) is 10.8 Å². The second-order valence-electron chi connectivity index (χ2n) is 4.20. The SMILES string of the molecule is O=[N+]([O-])c1cc(Cl)nc(SCC2CCCC2)c1. The lowest BCUT2D eigenvalue weighted by molar-refractivity contribution is -0.385. The number of halogens is 1. The molecule has 0 N–H and O–H groups in total. The van der Waals surface area contributed by atoms with E-state index in [4.69, 9.17) is 11.6 Å². The highest BCUT2D eigenvalue weighted by Gasteiger charge is 2.16. The fraction of sp³-hybridized carbons (Fsp3) is 0.545. The van der Waals surface area contributed by atoms with Crippen LogP contribution in [-0.2, 0) is 0 Å². The van der Waals surface area contributed by atoms with Crippen LogP contribution in [0.4, 0.5) is 5.69 Å². The number of nitrogens with zero attached hydrogens (tertiary/aromatic N) is 2. The van der Waals surface area contributed by atoms with Gasteiger partial charge in [-0.05, 0) is 18.8 Å². The van der Waals surface area contributed by atoms with Crippen LogP contribution in [0.15, 0.2) is 17.2 Å². The van der Waals surface area contributed by atoms with E-state index >= 15 is 0 Å². The van der Waals surface area contributed by atoms with Crippen LogP contribution in [0.2, 0.25) is 5.15 Å². The quantitative estimate of drug-likeness (QED) is 0.361. The third kappa shape index (κ3) is 3.57. The molecule has 0 radical (unpaired) electrons. The van der Waals surface area contributed by atoms with Gasteiger partial charge >= 0.3 is 0 Å². The van der Waals surface area contributed by atoms with Gasteiger partial charge in [-0.25, -0.2) is 4.98 Å². The van der Waals surface area contributed by atoms with Crippen molar-refractivity contribution in [3.8, 4) is 0 Å². The number of aromatic nitrogens is 1. The highest BCUT2D eigenvalue weighted by atomic mass is 35.5. The first-order valence-corrected chi connectivity index (χ1v) is 6.96. The van der Waals surface area contributed by atoms with Crippen LogP contribution in [0.25, 0.3) is 0 Å². The molecule has 1 heterocycles. The highest BCUT2D eigenvalue weighted by molar-refractivity contribution is 7.99. The van der Waals surface area contributed by atoms with Crippen molar-refractivity contribution in [2.75, 3.05) is 5.75 Å². The van der Waals surface area contributed by atoms with E-state index in [0.29, 0.717) is 5.03 Å². The molecule has 4 nitrogen and oxygen atoms in total. The van der Waals surface area contributed by atoms with Gasteiger partial charge in [-0.1, -0.05) is 24.4 Å². The van der Waals surface area contributed by atoms with Gasteiger partial charge in [0.25, 0.3) is 5.69 Å². The summed E-state index contributed by atoms with van der Waals surface area (Å²) in [6.45, 7) is 0. The van der Waals surface area contributed by atoms with Gasteiger partial charge in [-0.15, -0.1) is 11.8 Å². The third-order valence-electron chi connectivity index (χ3n) is 2.91. The van der Waals surface area contributed by atoms with Crippen LogP contribution in [0, 0.1) is 16.0 Å². The Labute approximate surface area is 109 Å². The maximum atomic E-state index is 10.7. The lowest BCUT2D eigenvalue weighted by atomic mass is 10.1.